The molecule has 2 heterocycles. The molecule has 0 amide bonds. The highest BCUT2D eigenvalue weighted by Crippen LogP contribution is 2.36. The Balaban J connectivity index is 1.72. The van der Waals surface area contributed by atoms with E-state index < -0.39 is 0 Å². The van der Waals surface area contributed by atoms with Crippen LogP contribution in [0.1, 0.15) is 25.3 Å². The largest absolute Gasteiger partial charge is 0.497 e. The maximum absolute atomic E-state index is 11.2. The summed E-state index contributed by atoms with van der Waals surface area (Å²) in [4.78, 5) is 16.2. The third kappa shape index (κ3) is 3.05. The van der Waals surface area contributed by atoms with Crippen molar-refractivity contribution in [1.29, 1.82) is 0 Å². The maximum Gasteiger partial charge on any atom is 0.131 e. The normalized spacial score (nSPS) is 21.6. The fourth-order valence-electron chi connectivity index (χ4n) is 3.53. The predicted molar refractivity (Wildman–Crippen MR) is 84.2 cm³/mol. The molecule has 0 aliphatic carbocycles. The highest BCUT2D eigenvalue weighted by atomic mass is 16.5. The lowest BCUT2D eigenvalue weighted by Gasteiger charge is -2.27. The van der Waals surface area contributed by atoms with Crippen molar-refractivity contribution in [2.45, 2.75) is 32.2 Å². The van der Waals surface area contributed by atoms with Crippen LogP contribution in [0.15, 0.2) is 18.2 Å². The van der Waals surface area contributed by atoms with Gasteiger partial charge in [0.05, 0.1) is 7.11 Å². The van der Waals surface area contributed by atoms with E-state index in [2.05, 4.69) is 28.0 Å². The molecular weight excluding hydrogens is 264 g/mol. The molecule has 1 unspecified atom stereocenters. The van der Waals surface area contributed by atoms with E-state index in [1.54, 1.807) is 14.0 Å². The maximum atomic E-state index is 11.2. The number of ether oxygens (including phenoxy) is 1. The zero-order valence-electron chi connectivity index (χ0n) is 13.0. The van der Waals surface area contributed by atoms with Gasteiger partial charge in [-0.15, -0.1) is 0 Å². The summed E-state index contributed by atoms with van der Waals surface area (Å²) in [7, 11) is 1.72. The summed E-state index contributed by atoms with van der Waals surface area (Å²) in [6, 6.07) is 6.96. The minimum absolute atomic E-state index is 0.288. The summed E-state index contributed by atoms with van der Waals surface area (Å²) >= 11 is 0. The first-order valence-electron chi connectivity index (χ1n) is 7.82. The second-order valence-electron chi connectivity index (χ2n) is 6.15. The highest BCUT2D eigenvalue weighted by molar-refractivity contribution is 5.75. The zero-order chi connectivity index (χ0) is 14.8. The molecule has 0 N–H and O–H groups in total. The number of methoxy groups -OCH3 is 1. The SMILES string of the molecule is COc1ccc2c(c1)CC1CN(CCC(C)=O)CCCN21. The van der Waals surface area contributed by atoms with Crippen LogP contribution in [0.2, 0.25) is 0 Å². The molecule has 0 saturated carbocycles. The van der Waals surface area contributed by atoms with Gasteiger partial charge in [-0.05, 0) is 50.1 Å². The van der Waals surface area contributed by atoms with Crippen LogP contribution in [-0.2, 0) is 11.2 Å². The van der Waals surface area contributed by atoms with E-state index in [9.17, 15) is 4.79 Å². The van der Waals surface area contributed by atoms with Crippen LogP contribution in [0.4, 0.5) is 5.69 Å². The van der Waals surface area contributed by atoms with Gasteiger partial charge in [0, 0.05) is 37.8 Å². The zero-order valence-corrected chi connectivity index (χ0v) is 13.0. The summed E-state index contributed by atoms with van der Waals surface area (Å²) in [5.41, 5.74) is 2.77. The van der Waals surface area contributed by atoms with Gasteiger partial charge in [0.1, 0.15) is 11.5 Å². The van der Waals surface area contributed by atoms with Crippen LogP contribution in [-0.4, -0.2) is 50.0 Å². The van der Waals surface area contributed by atoms with Crippen molar-refractivity contribution in [2.24, 2.45) is 0 Å². The quantitative estimate of drug-likeness (QED) is 0.849. The van der Waals surface area contributed by atoms with Gasteiger partial charge in [-0.25, -0.2) is 0 Å². The van der Waals surface area contributed by atoms with Crippen molar-refractivity contribution in [3.05, 3.63) is 23.8 Å². The third-order valence-corrected chi connectivity index (χ3v) is 4.61. The number of ketones is 1. The Morgan fingerprint density at radius 3 is 3.00 bits per heavy atom. The van der Waals surface area contributed by atoms with Gasteiger partial charge in [0.25, 0.3) is 0 Å². The highest BCUT2D eigenvalue weighted by Gasteiger charge is 2.32. The summed E-state index contributed by atoms with van der Waals surface area (Å²) < 4.78 is 5.34. The molecule has 0 bridgehead atoms. The Kier molecular flexibility index (Phi) is 4.15. The Morgan fingerprint density at radius 1 is 1.38 bits per heavy atom. The molecule has 2 aliphatic heterocycles. The van der Waals surface area contributed by atoms with Crippen molar-refractivity contribution in [1.82, 2.24) is 4.90 Å². The van der Waals surface area contributed by atoms with Crippen molar-refractivity contribution < 1.29 is 9.53 Å². The molecule has 1 aromatic carbocycles. The Bertz CT molecular complexity index is 530. The Hall–Kier alpha value is -1.55. The summed E-state index contributed by atoms with van der Waals surface area (Å²) in [5, 5.41) is 0. The molecule has 1 aromatic rings. The number of hydrogen-bond donors (Lipinski definition) is 0. The van der Waals surface area contributed by atoms with E-state index >= 15 is 0 Å². The number of nitrogens with zero attached hydrogens (tertiary/aromatic N) is 2. The van der Waals surface area contributed by atoms with Crippen LogP contribution in [0.5, 0.6) is 5.75 Å². The molecule has 4 nitrogen and oxygen atoms in total. The third-order valence-electron chi connectivity index (χ3n) is 4.61. The van der Waals surface area contributed by atoms with Crippen LogP contribution in [0.25, 0.3) is 0 Å². The number of carbonyl (C=O) groups is 1. The van der Waals surface area contributed by atoms with Crippen LogP contribution < -0.4 is 9.64 Å². The topological polar surface area (TPSA) is 32.8 Å². The molecule has 21 heavy (non-hydrogen) atoms. The van der Waals surface area contributed by atoms with Crippen LogP contribution in [0.3, 0.4) is 0 Å². The fourth-order valence-corrected chi connectivity index (χ4v) is 3.53. The first kappa shape index (κ1) is 14.4. The summed E-state index contributed by atoms with van der Waals surface area (Å²) in [6.45, 7) is 5.86. The standard InChI is InChI=1S/C17H24N2O2/c1-13(20)6-9-18-7-3-8-19-15(12-18)10-14-11-16(21-2)4-5-17(14)19/h4-5,11,15H,3,6-10,12H2,1-2H3. The summed E-state index contributed by atoms with van der Waals surface area (Å²) in [5.74, 6) is 1.23. The van der Waals surface area contributed by atoms with Crippen LogP contribution in [0, 0.1) is 0 Å². The van der Waals surface area contributed by atoms with Gasteiger partial charge >= 0.3 is 0 Å². The first-order chi connectivity index (χ1) is 10.2. The molecule has 1 atom stereocenters. The van der Waals surface area contributed by atoms with E-state index in [0.29, 0.717) is 12.5 Å². The molecule has 3 rings (SSSR count). The van der Waals surface area contributed by atoms with Crippen molar-refractivity contribution >= 4 is 11.5 Å². The van der Waals surface area contributed by atoms with Crippen molar-refractivity contribution in [3.8, 4) is 5.75 Å². The Labute approximate surface area is 126 Å². The lowest BCUT2D eigenvalue weighted by molar-refractivity contribution is -0.117. The molecule has 0 radical (unpaired) electrons. The van der Waals surface area contributed by atoms with Gasteiger partial charge in [-0.3, -0.25) is 4.79 Å². The summed E-state index contributed by atoms with van der Waals surface area (Å²) in [6.07, 6.45) is 2.93. The molecule has 1 saturated heterocycles. The van der Waals surface area contributed by atoms with Crippen LogP contribution >= 0.6 is 0 Å². The van der Waals surface area contributed by atoms with Gasteiger partial charge < -0.3 is 14.5 Å². The molecular formula is C17H24N2O2. The second kappa shape index (κ2) is 6.06. The monoisotopic (exact) mass is 288 g/mol. The second-order valence-corrected chi connectivity index (χ2v) is 6.15. The van der Waals surface area contributed by atoms with Crippen molar-refractivity contribution in [2.75, 3.05) is 38.2 Å². The predicted octanol–water partition coefficient (Wildman–Crippen LogP) is 2.11. The number of hydrogen-bond acceptors (Lipinski definition) is 4. The molecule has 1 fully saturated rings. The minimum Gasteiger partial charge on any atom is -0.497 e. The van der Waals surface area contributed by atoms with Gasteiger partial charge in [0.15, 0.2) is 0 Å². The molecule has 0 aromatic heterocycles. The van der Waals surface area contributed by atoms with E-state index in [4.69, 9.17) is 4.74 Å². The molecule has 114 valence electrons. The number of Topliss-reactive ketones (excluding diaryl/α,β-unsaturated/α-hetero) is 1. The lowest BCUT2D eigenvalue weighted by Crippen LogP contribution is -2.39. The number of carbonyl (C=O) groups excluding carboxylic acids is 1. The average molecular weight is 288 g/mol. The van der Waals surface area contributed by atoms with E-state index in [1.807, 2.05) is 0 Å². The van der Waals surface area contributed by atoms with Gasteiger partial charge in [-0.2, -0.15) is 0 Å². The van der Waals surface area contributed by atoms with E-state index in [1.165, 1.54) is 17.7 Å². The Morgan fingerprint density at radius 2 is 2.24 bits per heavy atom. The molecule has 2 aliphatic rings. The number of rotatable bonds is 4. The minimum atomic E-state index is 0.288. The van der Waals surface area contributed by atoms with Crippen molar-refractivity contribution in [3.63, 3.8) is 0 Å². The molecule has 4 heteroatoms. The lowest BCUT2D eigenvalue weighted by atomic mass is 10.1. The smallest absolute Gasteiger partial charge is 0.131 e. The van der Waals surface area contributed by atoms with Gasteiger partial charge in [0.2, 0.25) is 0 Å². The number of fused-ring (bicyclic) bond motifs is 3. The van der Waals surface area contributed by atoms with E-state index in [-0.39, 0.29) is 5.78 Å². The fraction of sp³-hybridized carbons (Fsp3) is 0.588. The first-order valence-corrected chi connectivity index (χ1v) is 7.82. The average Bonchev–Trinajstić information content (AvgIpc) is 2.68. The van der Waals surface area contributed by atoms with E-state index in [0.717, 1.165) is 38.3 Å². The number of benzene rings is 1. The van der Waals surface area contributed by atoms with Gasteiger partial charge in [-0.1, -0.05) is 0 Å². The number of anilines is 1. The molecule has 0 spiro atoms.